The Labute approximate surface area is 209 Å². The maximum atomic E-state index is 13.5. The quantitative estimate of drug-likeness (QED) is 0.424. The Morgan fingerprint density at radius 3 is 2.75 bits per heavy atom. The minimum absolute atomic E-state index is 0.0306. The SMILES string of the molecule is N#Cc1ccccc1N1CCN2c3ccc([N+](=O)[O-])cc3C[C@H](C(=O)NCCc3ccccn3)[C@@H]2C1. The molecule has 36 heavy (non-hydrogen) atoms. The first-order valence-electron chi connectivity index (χ1n) is 12.0. The molecule has 1 amide bonds. The average molecular weight is 483 g/mol. The number of nitrogens with one attached hydrogen (secondary N) is 1. The van der Waals surface area contributed by atoms with E-state index in [2.05, 4.69) is 26.2 Å². The van der Waals surface area contributed by atoms with Crippen LogP contribution < -0.4 is 15.1 Å². The van der Waals surface area contributed by atoms with Gasteiger partial charge in [0.1, 0.15) is 6.07 Å². The van der Waals surface area contributed by atoms with Gasteiger partial charge in [-0.3, -0.25) is 19.9 Å². The van der Waals surface area contributed by atoms with Gasteiger partial charge in [0.25, 0.3) is 5.69 Å². The van der Waals surface area contributed by atoms with E-state index < -0.39 is 4.92 Å². The lowest BCUT2D eigenvalue weighted by Gasteiger charge is -2.49. The number of carbonyl (C=O) groups is 1. The molecule has 0 aliphatic carbocycles. The van der Waals surface area contributed by atoms with E-state index in [9.17, 15) is 20.2 Å². The number of hydrogen-bond donors (Lipinski definition) is 1. The van der Waals surface area contributed by atoms with Crippen LogP contribution in [0.2, 0.25) is 0 Å². The number of non-ortho nitro benzene ring substituents is 1. The summed E-state index contributed by atoms with van der Waals surface area (Å²) in [6, 6.07) is 20.3. The summed E-state index contributed by atoms with van der Waals surface area (Å²) in [6.07, 6.45) is 2.77. The first-order chi connectivity index (χ1) is 17.5. The molecule has 3 aromatic rings. The third-order valence-electron chi connectivity index (χ3n) is 7.01. The van der Waals surface area contributed by atoms with Crippen LogP contribution in [0.1, 0.15) is 16.8 Å². The van der Waals surface area contributed by atoms with Crippen molar-refractivity contribution in [2.24, 2.45) is 5.92 Å². The summed E-state index contributed by atoms with van der Waals surface area (Å²) < 4.78 is 0. The number of fused-ring (bicyclic) bond motifs is 3. The number of rotatable bonds is 6. The second-order valence-electron chi connectivity index (χ2n) is 9.08. The molecule has 1 fully saturated rings. The molecule has 2 aliphatic heterocycles. The van der Waals surface area contributed by atoms with Crippen molar-refractivity contribution in [1.29, 1.82) is 5.26 Å². The molecule has 0 bridgehead atoms. The van der Waals surface area contributed by atoms with Crippen molar-refractivity contribution >= 4 is 23.0 Å². The van der Waals surface area contributed by atoms with Gasteiger partial charge in [0, 0.05) is 62.3 Å². The Bertz CT molecular complexity index is 1320. The third-order valence-corrected chi connectivity index (χ3v) is 7.01. The van der Waals surface area contributed by atoms with Gasteiger partial charge in [0.15, 0.2) is 0 Å². The molecule has 0 unspecified atom stereocenters. The van der Waals surface area contributed by atoms with Gasteiger partial charge in [-0.25, -0.2) is 0 Å². The van der Waals surface area contributed by atoms with E-state index in [-0.39, 0.29) is 23.6 Å². The number of aromatic nitrogens is 1. The topological polar surface area (TPSA) is 115 Å². The van der Waals surface area contributed by atoms with E-state index in [0.29, 0.717) is 44.6 Å². The Balaban J connectivity index is 1.41. The molecule has 0 spiro atoms. The fourth-order valence-electron chi connectivity index (χ4n) is 5.28. The minimum Gasteiger partial charge on any atom is -0.367 e. The van der Waals surface area contributed by atoms with E-state index >= 15 is 0 Å². The molecular formula is C27H26N6O3. The minimum atomic E-state index is -0.398. The van der Waals surface area contributed by atoms with Gasteiger partial charge in [-0.15, -0.1) is 0 Å². The first-order valence-corrected chi connectivity index (χ1v) is 12.0. The number of nitro benzene ring substituents is 1. The Hall–Kier alpha value is -4.45. The predicted molar refractivity (Wildman–Crippen MR) is 136 cm³/mol. The van der Waals surface area contributed by atoms with Gasteiger partial charge in [-0.1, -0.05) is 18.2 Å². The summed E-state index contributed by atoms with van der Waals surface area (Å²) in [5.41, 5.74) is 4.16. The fraction of sp³-hybridized carbons (Fsp3) is 0.296. The van der Waals surface area contributed by atoms with Gasteiger partial charge in [0.05, 0.1) is 28.1 Å². The summed E-state index contributed by atoms with van der Waals surface area (Å²) in [7, 11) is 0. The Morgan fingerprint density at radius 2 is 1.97 bits per heavy atom. The lowest BCUT2D eigenvalue weighted by Crippen LogP contribution is -2.61. The zero-order chi connectivity index (χ0) is 25.1. The van der Waals surface area contributed by atoms with Crippen molar-refractivity contribution < 1.29 is 9.72 Å². The van der Waals surface area contributed by atoms with E-state index in [1.807, 2.05) is 36.4 Å². The molecule has 0 radical (unpaired) electrons. The van der Waals surface area contributed by atoms with Crippen molar-refractivity contribution in [3.05, 3.63) is 93.8 Å². The molecule has 2 aliphatic rings. The number of para-hydroxylation sites is 1. The van der Waals surface area contributed by atoms with Crippen LogP contribution in [0.4, 0.5) is 17.1 Å². The highest BCUT2D eigenvalue weighted by Crippen LogP contribution is 2.39. The Kier molecular flexibility index (Phi) is 6.50. The largest absolute Gasteiger partial charge is 0.367 e. The standard InChI is InChI=1S/C27H26N6O3/c28-17-19-5-1-2-7-24(19)31-13-14-32-25-9-8-22(33(35)36)15-20(25)16-23(26(32)18-31)27(34)30-12-10-21-6-3-4-11-29-21/h1-9,11,15,23,26H,10,12-14,16,18H2,(H,30,34)/t23-,26-/m0/s1. The summed E-state index contributed by atoms with van der Waals surface area (Å²) in [5.74, 6) is -0.464. The maximum Gasteiger partial charge on any atom is 0.269 e. The molecule has 5 rings (SSSR count). The average Bonchev–Trinajstić information content (AvgIpc) is 2.92. The van der Waals surface area contributed by atoms with E-state index in [4.69, 9.17) is 0 Å². The molecule has 1 N–H and O–H groups in total. The van der Waals surface area contributed by atoms with Crippen LogP contribution in [0.15, 0.2) is 66.9 Å². The van der Waals surface area contributed by atoms with Crippen molar-refractivity contribution in [3.8, 4) is 6.07 Å². The summed E-state index contributed by atoms with van der Waals surface area (Å²) >= 11 is 0. The molecule has 2 aromatic carbocycles. The second-order valence-corrected chi connectivity index (χ2v) is 9.08. The molecule has 9 heteroatoms. The number of benzene rings is 2. The molecule has 3 heterocycles. The molecule has 1 saturated heterocycles. The van der Waals surface area contributed by atoms with Crippen LogP contribution in [0.25, 0.3) is 0 Å². The van der Waals surface area contributed by atoms with Gasteiger partial charge < -0.3 is 15.1 Å². The lowest BCUT2D eigenvalue weighted by atomic mass is 9.83. The number of nitro groups is 1. The van der Waals surface area contributed by atoms with Crippen LogP contribution in [-0.4, -0.2) is 48.0 Å². The third kappa shape index (κ3) is 4.58. The summed E-state index contributed by atoms with van der Waals surface area (Å²) in [5, 5.41) is 24.1. The fourth-order valence-corrected chi connectivity index (χ4v) is 5.28. The zero-order valence-electron chi connectivity index (χ0n) is 19.7. The number of anilines is 2. The van der Waals surface area contributed by atoms with Gasteiger partial charge in [-0.2, -0.15) is 5.26 Å². The predicted octanol–water partition coefficient (Wildman–Crippen LogP) is 3.09. The normalized spacial score (nSPS) is 18.5. The Morgan fingerprint density at radius 1 is 1.14 bits per heavy atom. The van der Waals surface area contributed by atoms with E-state index in [0.717, 1.165) is 22.6 Å². The monoisotopic (exact) mass is 482 g/mol. The van der Waals surface area contributed by atoms with Crippen molar-refractivity contribution in [1.82, 2.24) is 10.3 Å². The summed E-state index contributed by atoms with van der Waals surface area (Å²) in [6.45, 7) is 2.36. The number of hydrogen-bond acceptors (Lipinski definition) is 7. The number of pyridine rings is 1. The highest BCUT2D eigenvalue weighted by atomic mass is 16.6. The highest BCUT2D eigenvalue weighted by molar-refractivity contribution is 5.82. The van der Waals surface area contributed by atoms with Gasteiger partial charge in [-0.05, 0) is 42.3 Å². The molecule has 2 atom stereocenters. The molecular weight excluding hydrogens is 456 g/mol. The number of amides is 1. The van der Waals surface area contributed by atoms with Crippen LogP contribution in [0.3, 0.4) is 0 Å². The zero-order valence-corrected chi connectivity index (χ0v) is 19.7. The molecule has 9 nitrogen and oxygen atoms in total. The smallest absolute Gasteiger partial charge is 0.269 e. The van der Waals surface area contributed by atoms with Crippen LogP contribution >= 0.6 is 0 Å². The van der Waals surface area contributed by atoms with Crippen LogP contribution in [0, 0.1) is 27.4 Å². The van der Waals surface area contributed by atoms with Crippen LogP contribution in [0.5, 0.6) is 0 Å². The molecule has 1 aromatic heterocycles. The number of carbonyl (C=O) groups excluding carboxylic acids is 1. The van der Waals surface area contributed by atoms with Crippen molar-refractivity contribution in [2.45, 2.75) is 18.9 Å². The van der Waals surface area contributed by atoms with E-state index in [1.165, 1.54) is 6.07 Å². The van der Waals surface area contributed by atoms with Crippen molar-refractivity contribution in [3.63, 3.8) is 0 Å². The summed E-state index contributed by atoms with van der Waals surface area (Å²) in [4.78, 5) is 33.2. The second kappa shape index (κ2) is 10.0. The number of nitriles is 1. The van der Waals surface area contributed by atoms with Crippen LogP contribution in [-0.2, 0) is 17.6 Å². The highest BCUT2D eigenvalue weighted by Gasteiger charge is 2.42. The van der Waals surface area contributed by atoms with Crippen molar-refractivity contribution in [2.75, 3.05) is 36.0 Å². The lowest BCUT2D eigenvalue weighted by molar-refractivity contribution is -0.384. The molecule has 0 saturated carbocycles. The maximum absolute atomic E-state index is 13.5. The number of nitrogens with zero attached hydrogens (tertiary/aromatic N) is 5. The first kappa shape index (κ1) is 23.3. The van der Waals surface area contributed by atoms with Gasteiger partial charge in [0.2, 0.25) is 5.91 Å². The number of piperazine rings is 1. The van der Waals surface area contributed by atoms with Gasteiger partial charge >= 0.3 is 0 Å². The van der Waals surface area contributed by atoms with E-state index in [1.54, 1.807) is 24.4 Å². The molecule has 182 valence electrons.